The third-order valence-corrected chi connectivity index (χ3v) is 1.39. The molecule has 0 aliphatic rings. The molecule has 0 nitrogen and oxygen atoms in total. The summed E-state index contributed by atoms with van der Waals surface area (Å²) in [6.45, 7) is 3.31. The highest BCUT2D eigenvalue weighted by molar-refractivity contribution is 5.22. The minimum atomic E-state index is -4.21. The highest BCUT2D eigenvalue weighted by Gasteiger charge is 2.30. The van der Waals surface area contributed by atoms with Gasteiger partial charge >= 0.3 is 6.18 Å². The standard InChI is InChI=1S/C9H13F3/c1-3-5-6-7-8(4-2)9(10,11)12/h4,6-7H,3,5H2,1-2H3. The molecule has 0 N–H and O–H groups in total. The minimum Gasteiger partial charge on any atom is -0.166 e. The molecule has 0 saturated heterocycles. The van der Waals surface area contributed by atoms with Crippen molar-refractivity contribution in [3.05, 3.63) is 23.8 Å². The van der Waals surface area contributed by atoms with Crippen LogP contribution < -0.4 is 0 Å². The van der Waals surface area contributed by atoms with Crippen LogP contribution in [0.25, 0.3) is 0 Å². The van der Waals surface area contributed by atoms with E-state index in [-0.39, 0.29) is 0 Å². The maximum Gasteiger partial charge on any atom is 0.416 e. The van der Waals surface area contributed by atoms with Gasteiger partial charge < -0.3 is 0 Å². The molecule has 0 amide bonds. The average molecular weight is 178 g/mol. The predicted octanol–water partition coefficient (Wildman–Crippen LogP) is 3.85. The van der Waals surface area contributed by atoms with Gasteiger partial charge in [-0.15, -0.1) is 0 Å². The summed E-state index contributed by atoms with van der Waals surface area (Å²) in [5.41, 5.74) is -0.573. The molecule has 0 aromatic heterocycles. The van der Waals surface area contributed by atoms with Crippen molar-refractivity contribution in [1.82, 2.24) is 0 Å². The first-order chi connectivity index (χ1) is 5.52. The van der Waals surface area contributed by atoms with Crippen molar-refractivity contribution < 1.29 is 13.2 Å². The van der Waals surface area contributed by atoms with E-state index in [1.54, 1.807) is 6.08 Å². The van der Waals surface area contributed by atoms with Gasteiger partial charge in [-0.2, -0.15) is 13.2 Å². The second kappa shape index (κ2) is 5.01. The van der Waals surface area contributed by atoms with E-state index in [1.165, 1.54) is 6.92 Å². The molecule has 0 heterocycles. The maximum atomic E-state index is 12.0. The molecule has 0 atom stereocenters. The van der Waals surface area contributed by atoms with Crippen molar-refractivity contribution >= 4 is 0 Å². The molecule has 70 valence electrons. The maximum absolute atomic E-state index is 12.0. The Balaban J connectivity index is 4.21. The SMILES string of the molecule is CC=C(C=CCCC)C(F)(F)F. The lowest BCUT2D eigenvalue weighted by molar-refractivity contribution is -0.0883. The monoisotopic (exact) mass is 178 g/mol. The Kier molecular flexibility index (Phi) is 4.71. The van der Waals surface area contributed by atoms with Crippen LogP contribution in [0.3, 0.4) is 0 Å². The smallest absolute Gasteiger partial charge is 0.166 e. The van der Waals surface area contributed by atoms with Gasteiger partial charge in [0.15, 0.2) is 0 Å². The summed E-state index contributed by atoms with van der Waals surface area (Å²) in [5.74, 6) is 0. The third kappa shape index (κ3) is 4.21. The zero-order chi connectivity index (χ0) is 9.61. The van der Waals surface area contributed by atoms with Crippen LogP contribution in [0, 0.1) is 0 Å². The number of allylic oxidation sites excluding steroid dienone is 4. The summed E-state index contributed by atoms with van der Waals surface area (Å²) in [7, 11) is 0. The molecule has 0 unspecified atom stereocenters. The molecule has 0 aliphatic heterocycles. The zero-order valence-electron chi connectivity index (χ0n) is 7.28. The fraction of sp³-hybridized carbons (Fsp3) is 0.556. The summed E-state index contributed by atoms with van der Waals surface area (Å²) in [6.07, 6.45) is 1.09. The molecule has 0 rings (SSSR count). The fourth-order valence-corrected chi connectivity index (χ4v) is 0.731. The molecule has 0 bridgehead atoms. The summed E-state index contributed by atoms with van der Waals surface area (Å²) in [5, 5.41) is 0. The number of hydrogen-bond acceptors (Lipinski definition) is 0. The highest BCUT2D eigenvalue weighted by atomic mass is 19.4. The van der Waals surface area contributed by atoms with E-state index in [1.807, 2.05) is 6.92 Å². The van der Waals surface area contributed by atoms with Gasteiger partial charge in [0.2, 0.25) is 0 Å². The Labute approximate surface area is 70.8 Å². The van der Waals surface area contributed by atoms with Gasteiger partial charge in [0.05, 0.1) is 5.57 Å². The zero-order valence-corrected chi connectivity index (χ0v) is 7.28. The molecule has 0 aromatic rings. The van der Waals surface area contributed by atoms with E-state index in [9.17, 15) is 13.2 Å². The second-order valence-corrected chi connectivity index (χ2v) is 2.43. The van der Waals surface area contributed by atoms with E-state index in [0.717, 1.165) is 18.6 Å². The van der Waals surface area contributed by atoms with Gasteiger partial charge in [-0.05, 0) is 13.3 Å². The minimum absolute atomic E-state index is 0.573. The second-order valence-electron chi connectivity index (χ2n) is 2.43. The number of halogens is 3. The van der Waals surface area contributed by atoms with E-state index < -0.39 is 11.7 Å². The van der Waals surface area contributed by atoms with Gasteiger partial charge in [0.1, 0.15) is 0 Å². The molecule has 3 heteroatoms. The number of hydrogen-bond donors (Lipinski definition) is 0. The summed E-state index contributed by atoms with van der Waals surface area (Å²) >= 11 is 0. The lowest BCUT2D eigenvalue weighted by Gasteiger charge is -2.05. The average Bonchev–Trinajstić information content (AvgIpc) is 1.95. The van der Waals surface area contributed by atoms with E-state index >= 15 is 0 Å². The van der Waals surface area contributed by atoms with Crippen LogP contribution in [-0.2, 0) is 0 Å². The Morgan fingerprint density at radius 2 is 1.92 bits per heavy atom. The van der Waals surface area contributed by atoms with Gasteiger partial charge in [-0.1, -0.05) is 31.6 Å². The molecular formula is C9H13F3. The molecule has 0 fully saturated rings. The molecular weight excluding hydrogens is 165 g/mol. The topological polar surface area (TPSA) is 0 Å². The van der Waals surface area contributed by atoms with E-state index in [4.69, 9.17) is 0 Å². The largest absolute Gasteiger partial charge is 0.416 e. The van der Waals surface area contributed by atoms with Crippen molar-refractivity contribution in [2.45, 2.75) is 32.9 Å². The Morgan fingerprint density at radius 1 is 1.33 bits per heavy atom. The van der Waals surface area contributed by atoms with Crippen molar-refractivity contribution in [1.29, 1.82) is 0 Å². The fourth-order valence-electron chi connectivity index (χ4n) is 0.731. The Hall–Kier alpha value is -0.730. The number of rotatable bonds is 3. The number of alkyl halides is 3. The molecule has 0 aromatic carbocycles. The van der Waals surface area contributed by atoms with Crippen molar-refractivity contribution in [2.75, 3.05) is 0 Å². The first-order valence-corrected chi connectivity index (χ1v) is 3.92. The predicted molar refractivity (Wildman–Crippen MR) is 43.9 cm³/mol. The molecule has 0 aliphatic carbocycles. The summed E-state index contributed by atoms with van der Waals surface area (Å²) in [4.78, 5) is 0. The normalized spacial score (nSPS) is 14.2. The van der Waals surface area contributed by atoms with Crippen LogP contribution in [-0.4, -0.2) is 6.18 Å². The molecule has 0 saturated carbocycles. The molecule has 0 spiro atoms. The van der Waals surface area contributed by atoms with E-state index in [2.05, 4.69) is 0 Å². The van der Waals surface area contributed by atoms with Gasteiger partial charge in [0.25, 0.3) is 0 Å². The van der Waals surface area contributed by atoms with Gasteiger partial charge in [-0.3, -0.25) is 0 Å². The lowest BCUT2D eigenvalue weighted by atomic mass is 10.2. The van der Waals surface area contributed by atoms with Crippen molar-refractivity contribution in [3.8, 4) is 0 Å². The van der Waals surface area contributed by atoms with Crippen LogP contribution in [0.1, 0.15) is 26.7 Å². The molecule has 0 radical (unpaired) electrons. The number of unbranched alkanes of at least 4 members (excludes halogenated alkanes) is 1. The third-order valence-electron chi connectivity index (χ3n) is 1.39. The van der Waals surface area contributed by atoms with Crippen molar-refractivity contribution in [2.24, 2.45) is 0 Å². The summed E-state index contributed by atoms with van der Waals surface area (Å²) in [6, 6.07) is 0. The first kappa shape index (κ1) is 11.3. The van der Waals surface area contributed by atoms with Crippen LogP contribution in [0.5, 0.6) is 0 Å². The summed E-state index contributed by atoms with van der Waals surface area (Å²) < 4.78 is 36.1. The van der Waals surface area contributed by atoms with Gasteiger partial charge in [-0.25, -0.2) is 0 Å². The highest BCUT2D eigenvalue weighted by Crippen LogP contribution is 2.26. The van der Waals surface area contributed by atoms with Crippen LogP contribution in [0.2, 0.25) is 0 Å². The van der Waals surface area contributed by atoms with Crippen LogP contribution in [0.4, 0.5) is 13.2 Å². The first-order valence-electron chi connectivity index (χ1n) is 3.92. The Morgan fingerprint density at radius 3 is 2.25 bits per heavy atom. The lowest BCUT2D eigenvalue weighted by Crippen LogP contribution is -2.09. The van der Waals surface area contributed by atoms with E-state index in [0.29, 0.717) is 6.42 Å². The Bertz CT molecular complexity index is 175. The molecule has 12 heavy (non-hydrogen) atoms. The van der Waals surface area contributed by atoms with Crippen molar-refractivity contribution in [3.63, 3.8) is 0 Å². The van der Waals surface area contributed by atoms with Crippen LogP contribution >= 0.6 is 0 Å². The quantitative estimate of drug-likeness (QED) is 0.576. The van der Waals surface area contributed by atoms with Gasteiger partial charge in [0, 0.05) is 0 Å². The van der Waals surface area contributed by atoms with Crippen LogP contribution in [0.15, 0.2) is 23.8 Å².